The van der Waals surface area contributed by atoms with Gasteiger partial charge < -0.3 is 10.2 Å². The number of rotatable bonds is 8. The van der Waals surface area contributed by atoms with E-state index in [2.05, 4.69) is 57.4 Å². The summed E-state index contributed by atoms with van der Waals surface area (Å²) in [6.45, 7) is 7.80. The first kappa shape index (κ1) is 21.8. The van der Waals surface area contributed by atoms with Crippen LogP contribution in [-0.4, -0.2) is 67.3 Å². The zero-order valence-corrected chi connectivity index (χ0v) is 19.2. The SMILES string of the molecule is CCN(CCNC(=NC)N1CCC(CSc2ccccc2)C1)C1CC1.I. The molecular weight excluding hydrogens is 455 g/mol. The summed E-state index contributed by atoms with van der Waals surface area (Å²) in [4.78, 5) is 10.9. The molecule has 0 aromatic heterocycles. The number of nitrogens with one attached hydrogen (secondary N) is 1. The van der Waals surface area contributed by atoms with Crippen molar-refractivity contribution in [3.8, 4) is 0 Å². The standard InChI is InChI=1S/C20H32N4S.HI/c1-3-23(18-9-10-18)14-12-22-20(21-2)24-13-11-17(15-24)16-25-19-7-5-4-6-8-19;/h4-8,17-18H,3,9-16H2,1-2H3,(H,21,22);1H. The molecule has 0 spiro atoms. The molecule has 1 aliphatic heterocycles. The molecule has 6 heteroatoms. The van der Waals surface area contributed by atoms with Crippen molar-refractivity contribution < 1.29 is 0 Å². The highest BCUT2D eigenvalue weighted by Gasteiger charge is 2.28. The van der Waals surface area contributed by atoms with Crippen molar-refractivity contribution in [1.82, 2.24) is 15.1 Å². The number of aliphatic imine (C=N–C) groups is 1. The second-order valence-electron chi connectivity index (χ2n) is 7.06. The van der Waals surface area contributed by atoms with Gasteiger partial charge >= 0.3 is 0 Å². The van der Waals surface area contributed by atoms with E-state index in [1.165, 1.54) is 29.9 Å². The Labute approximate surface area is 180 Å². The van der Waals surface area contributed by atoms with Crippen LogP contribution in [0.3, 0.4) is 0 Å². The predicted octanol–water partition coefficient (Wildman–Crippen LogP) is 3.78. The van der Waals surface area contributed by atoms with E-state index in [0.717, 1.165) is 50.6 Å². The molecule has 0 bridgehead atoms. The fourth-order valence-electron chi connectivity index (χ4n) is 3.57. The lowest BCUT2D eigenvalue weighted by molar-refractivity contribution is 0.280. The molecule has 1 unspecified atom stereocenters. The molecule has 1 aliphatic carbocycles. The van der Waals surface area contributed by atoms with E-state index in [1.54, 1.807) is 0 Å². The van der Waals surface area contributed by atoms with Crippen LogP contribution in [-0.2, 0) is 0 Å². The van der Waals surface area contributed by atoms with Gasteiger partial charge in [-0.05, 0) is 43.9 Å². The first-order valence-corrected chi connectivity index (χ1v) is 10.7. The lowest BCUT2D eigenvalue weighted by Crippen LogP contribution is -2.43. The predicted molar refractivity (Wildman–Crippen MR) is 124 cm³/mol. The van der Waals surface area contributed by atoms with Gasteiger partial charge in [-0.25, -0.2) is 0 Å². The van der Waals surface area contributed by atoms with Gasteiger partial charge in [0, 0.05) is 49.9 Å². The van der Waals surface area contributed by atoms with Crippen molar-refractivity contribution in [1.29, 1.82) is 0 Å². The quantitative estimate of drug-likeness (QED) is 0.261. The van der Waals surface area contributed by atoms with E-state index in [-0.39, 0.29) is 24.0 Å². The van der Waals surface area contributed by atoms with Gasteiger partial charge in [-0.1, -0.05) is 25.1 Å². The Morgan fingerprint density at radius 2 is 2.04 bits per heavy atom. The molecule has 1 aromatic carbocycles. The fraction of sp³-hybridized carbons (Fsp3) is 0.650. The van der Waals surface area contributed by atoms with E-state index < -0.39 is 0 Å². The number of thioether (sulfide) groups is 1. The van der Waals surface area contributed by atoms with Gasteiger partial charge in [0.25, 0.3) is 0 Å². The summed E-state index contributed by atoms with van der Waals surface area (Å²) in [7, 11) is 1.91. The zero-order valence-electron chi connectivity index (χ0n) is 16.1. The smallest absolute Gasteiger partial charge is 0.193 e. The lowest BCUT2D eigenvalue weighted by Gasteiger charge is -2.24. The number of halogens is 1. The van der Waals surface area contributed by atoms with Crippen molar-refractivity contribution in [3.63, 3.8) is 0 Å². The van der Waals surface area contributed by atoms with Crippen LogP contribution in [0.1, 0.15) is 26.2 Å². The Morgan fingerprint density at radius 1 is 1.27 bits per heavy atom. The molecule has 26 heavy (non-hydrogen) atoms. The molecule has 3 rings (SSSR count). The van der Waals surface area contributed by atoms with Crippen LogP contribution in [0, 0.1) is 5.92 Å². The normalized spacial score (nSPS) is 20.3. The van der Waals surface area contributed by atoms with E-state index in [1.807, 2.05) is 18.8 Å². The van der Waals surface area contributed by atoms with E-state index in [0.29, 0.717) is 0 Å². The molecule has 0 amide bonds. The van der Waals surface area contributed by atoms with E-state index >= 15 is 0 Å². The molecule has 0 radical (unpaired) electrons. The molecular formula is C20H33IN4S. The van der Waals surface area contributed by atoms with Crippen LogP contribution < -0.4 is 5.32 Å². The highest BCUT2D eigenvalue weighted by atomic mass is 127. The Kier molecular flexibility index (Phi) is 9.56. The van der Waals surface area contributed by atoms with Crippen LogP contribution in [0.4, 0.5) is 0 Å². The van der Waals surface area contributed by atoms with E-state index in [9.17, 15) is 0 Å². The van der Waals surface area contributed by atoms with Gasteiger partial charge in [-0.15, -0.1) is 35.7 Å². The molecule has 1 atom stereocenters. The van der Waals surface area contributed by atoms with Crippen molar-refractivity contribution >= 4 is 41.7 Å². The molecule has 4 nitrogen and oxygen atoms in total. The Bertz CT molecular complexity index is 550. The van der Waals surface area contributed by atoms with Crippen molar-refractivity contribution in [2.75, 3.05) is 45.5 Å². The summed E-state index contributed by atoms with van der Waals surface area (Å²) in [6, 6.07) is 11.6. The fourth-order valence-corrected chi connectivity index (χ4v) is 4.62. The molecule has 1 saturated carbocycles. The molecule has 1 saturated heterocycles. The number of likely N-dealkylation sites (N-methyl/N-ethyl adjacent to an activating group) is 1. The summed E-state index contributed by atoms with van der Waals surface area (Å²) in [5.41, 5.74) is 0. The summed E-state index contributed by atoms with van der Waals surface area (Å²) >= 11 is 1.98. The first-order chi connectivity index (χ1) is 12.3. The molecule has 146 valence electrons. The maximum absolute atomic E-state index is 4.51. The first-order valence-electron chi connectivity index (χ1n) is 9.67. The zero-order chi connectivity index (χ0) is 17.5. The van der Waals surface area contributed by atoms with E-state index in [4.69, 9.17) is 0 Å². The molecule has 1 heterocycles. The van der Waals surface area contributed by atoms with Crippen molar-refractivity contribution in [2.45, 2.75) is 37.1 Å². The van der Waals surface area contributed by atoms with Crippen LogP contribution in [0.5, 0.6) is 0 Å². The Balaban J connectivity index is 0.00000243. The number of nitrogens with zero attached hydrogens (tertiary/aromatic N) is 3. The number of hydrogen-bond donors (Lipinski definition) is 1. The summed E-state index contributed by atoms with van der Waals surface area (Å²) in [5, 5.41) is 3.58. The highest BCUT2D eigenvalue weighted by molar-refractivity contribution is 14.0. The van der Waals surface area contributed by atoms with Gasteiger partial charge in [0.1, 0.15) is 0 Å². The number of likely N-dealkylation sites (tertiary alicyclic amines) is 1. The van der Waals surface area contributed by atoms with Gasteiger partial charge in [0.15, 0.2) is 5.96 Å². The van der Waals surface area contributed by atoms with Gasteiger partial charge in [0.05, 0.1) is 0 Å². The van der Waals surface area contributed by atoms with Crippen LogP contribution >= 0.6 is 35.7 Å². The number of guanidine groups is 1. The van der Waals surface area contributed by atoms with Crippen LogP contribution in [0.2, 0.25) is 0 Å². The van der Waals surface area contributed by atoms with Crippen LogP contribution in [0.15, 0.2) is 40.2 Å². The van der Waals surface area contributed by atoms with Gasteiger partial charge in [0.2, 0.25) is 0 Å². The lowest BCUT2D eigenvalue weighted by atomic mass is 10.2. The third kappa shape index (κ3) is 6.60. The topological polar surface area (TPSA) is 30.9 Å². The summed E-state index contributed by atoms with van der Waals surface area (Å²) in [5.74, 6) is 3.03. The Hall–Kier alpha value is -0.470. The maximum atomic E-state index is 4.51. The van der Waals surface area contributed by atoms with Crippen molar-refractivity contribution in [2.24, 2.45) is 10.9 Å². The van der Waals surface area contributed by atoms with Crippen LogP contribution in [0.25, 0.3) is 0 Å². The summed E-state index contributed by atoms with van der Waals surface area (Å²) in [6.07, 6.45) is 4.04. The molecule has 2 fully saturated rings. The third-order valence-electron chi connectivity index (χ3n) is 5.18. The second kappa shape index (κ2) is 11.4. The minimum Gasteiger partial charge on any atom is -0.355 e. The van der Waals surface area contributed by atoms with Gasteiger partial charge in [-0.3, -0.25) is 9.89 Å². The summed E-state index contributed by atoms with van der Waals surface area (Å²) < 4.78 is 0. The molecule has 1 N–H and O–H groups in total. The Morgan fingerprint density at radius 3 is 2.69 bits per heavy atom. The average Bonchev–Trinajstić information content (AvgIpc) is 3.39. The second-order valence-corrected chi connectivity index (χ2v) is 8.15. The monoisotopic (exact) mass is 488 g/mol. The average molecular weight is 488 g/mol. The third-order valence-corrected chi connectivity index (χ3v) is 6.42. The number of hydrogen-bond acceptors (Lipinski definition) is 3. The van der Waals surface area contributed by atoms with Crippen molar-refractivity contribution in [3.05, 3.63) is 30.3 Å². The minimum atomic E-state index is 0. The number of benzene rings is 1. The molecule has 1 aromatic rings. The maximum Gasteiger partial charge on any atom is 0.193 e. The largest absolute Gasteiger partial charge is 0.355 e. The molecule has 2 aliphatic rings. The minimum absolute atomic E-state index is 0. The van der Waals surface area contributed by atoms with Gasteiger partial charge in [-0.2, -0.15) is 0 Å². The highest BCUT2D eigenvalue weighted by Crippen LogP contribution is 2.26.